The van der Waals surface area contributed by atoms with Gasteiger partial charge in [-0.15, -0.1) is 11.8 Å². The van der Waals surface area contributed by atoms with Crippen LogP contribution in [-0.4, -0.2) is 50.8 Å². The molecule has 1 heterocycles. The first kappa shape index (κ1) is 33.9. The van der Waals surface area contributed by atoms with Crippen LogP contribution in [0.1, 0.15) is 40.2 Å². The Morgan fingerprint density at radius 2 is 1.35 bits per heavy atom. The summed E-state index contributed by atoms with van der Waals surface area (Å²) in [6, 6.07) is 40.5. The second kappa shape index (κ2) is 15.0. The highest BCUT2D eigenvalue weighted by atomic mass is 32.2. The molecule has 0 saturated carbocycles. The molecule has 0 spiro atoms. The molecule has 1 aliphatic heterocycles. The summed E-state index contributed by atoms with van der Waals surface area (Å²) in [7, 11) is -2.83. The summed E-state index contributed by atoms with van der Waals surface area (Å²) in [5, 5.41) is 5.33. The molecule has 4 aromatic carbocycles. The molecule has 0 unspecified atom stereocenters. The van der Waals surface area contributed by atoms with Gasteiger partial charge in [-0.2, -0.15) is 0 Å². The molecular formula is C38H45NO5SSi. The summed E-state index contributed by atoms with van der Waals surface area (Å²) >= 11 is 1.66. The molecule has 1 aliphatic rings. The minimum atomic E-state index is -2.83. The average molecular weight is 656 g/mol. The quantitative estimate of drug-likeness (QED) is 0.129. The van der Waals surface area contributed by atoms with Crippen molar-refractivity contribution in [3.8, 4) is 0 Å². The minimum absolute atomic E-state index is 0.180. The maximum atomic E-state index is 13.2. The van der Waals surface area contributed by atoms with Crippen LogP contribution >= 0.6 is 11.8 Å². The summed E-state index contributed by atoms with van der Waals surface area (Å²) < 4.78 is 26.1. The molecule has 1 amide bonds. The molecular weight excluding hydrogens is 611 g/mol. The van der Waals surface area contributed by atoms with E-state index in [1.807, 2.05) is 74.5 Å². The molecule has 0 radical (unpaired) electrons. The third-order valence-corrected chi connectivity index (χ3v) is 14.3. The van der Waals surface area contributed by atoms with Crippen molar-refractivity contribution >= 4 is 36.5 Å². The summed E-state index contributed by atoms with van der Waals surface area (Å²) in [6.07, 6.45) is -1.41. The third-order valence-electron chi connectivity index (χ3n) is 8.19. The highest BCUT2D eigenvalue weighted by molar-refractivity contribution is 7.99. The number of amides is 1. The van der Waals surface area contributed by atoms with Gasteiger partial charge in [-0.25, -0.2) is 4.79 Å². The normalized spacial score (nSPS) is 18.5. The molecule has 242 valence electrons. The molecule has 0 aromatic heterocycles. The van der Waals surface area contributed by atoms with Crippen molar-refractivity contribution in [1.82, 2.24) is 5.32 Å². The molecule has 5 rings (SSSR count). The van der Waals surface area contributed by atoms with E-state index in [2.05, 4.69) is 86.8 Å². The van der Waals surface area contributed by atoms with Crippen LogP contribution in [0.25, 0.3) is 0 Å². The van der Waals surface area contributed by atoms with Gasteiger partial charge in [0, 0.05) is 10.6 Å². The van der Waals surface area contributed by atoms with E-state index in [1.54, 1.807) is 11.8 Å². The van der Waals surface area contributed by atoms with Crippen molar-refractivity contribution in [2.24, 2.45) is 0 Å². The number of benzene rings is 4. The molecule has 8 heteroatoms. The van der Waals surface area contributed by atoms with Gasteiger partial charge in [-0.3, -0.25) is 0 Å². The van der Waals surface area contributed by atoms with E-state index in [0.717, 1.165) is 10.5 Å². The summed E-state index contributed by atoms with van der Waals surface area (Å²) in [5.41, 5.74) is 0.922. The number of carbonyl (C=O) groups is 1. The fraction of sp³-hybridized carbons (Fsp3) is 0.342. The van der Waals surface area contributed by atoms with E-state index in [-0.39, 0.29) is 11.6 Å². The Hall–Kier alpha value is -3.40. The number of ether oxygens (including phenoxy) is 3. The zero-order valence-electron chi connectivity index (χ0n) is 27.3. The van der Waals surface area contributed by atoms with E-state index in [9.17, 15) is 4.79 Å². The van der Waals surface area contributed by atoms with Gasteiger partial charge in [0.05, 0.1) is 12.6 Å². The van der Waals surface area contributed by atoms with Crippen LogP contribution in [0.5, 0.6) is 0 Å². The van der Waals surface area contributed by atoms with Gasteiger partial charge >= 0.3 is 6.09 Å². The van der Waals surface area contributed by atoms with Crippen molar-refractivity contribution in [1.29, 1.82) is 0 Å². The number of rotatable bonds is 12. The molecule has 6 nitrogen and oxygen atoms in total. The number of alkyl carbamates (subject to hydrolysis) is 1. The molecule has 1 saturated heterocycles. The molecule has 1 N–H and O–H groups in total. The number of carbonyl (C=O) groups excluding carboxylic acids is 1. The molecule has 0 aliphatic carbocycles. The van der Waals surface area contributed by atoms with Gasteiger partial charge in [0.25, 0.3) is 8.32 Å². The first-order valence-electron chi connectivity index (χ1n) is 15.8. The second-order valence-electron chi connectivity index (χ2n) is 13.0. The van der Waals surface area contributed by atoms with E-state index >= 15 is 0 Å². The molecule has 4 aromatic rings. The van der Waals surface area contributed by atoms with Crippen LogP contribution in [0, 0.1) is 0 Å². The van der Waals surface area contributed by atoms with Crippen LogP contribution in [-0.2, 0) is 25.2 Å². The summed E-state index contributed by atoms with van der Waals surface area (Å²) in [4.78, 5) is 14.3. The zero-order chi connectivity index (χ0) is 32.6. The third kappa shape index (κ3) is 8.30. The molecule has 3 atom stereocenters. The van der Waals surface area contributed by atoms with Gasteiger partial charge in [-0.1, -0.05) is 130 Å². The van der Waals surface area contributed by atoms with Crippen LogP contribution in [0.3, 0.4) is 0 Å². The lowest BCUT2D eigenvalue weighted by atomic mass is 10.1. The Morgan fingerprint density at radius 3 is 1.89 bits per heavy atom. The molecule has 1 fully saturated rings. The van der Waals surface area contributed by atoms with Crippen molar-refractivity contribution < 1.29 is 23.4 Å². The topological polar surface area (TPSA) is 66.0 Å². The van der Waals surface area contributed by atoms with Crippen LogP contribution in [0.15, 0.2) is 126 Å². The monoisotopic (exact) mass is 655 g/mol. The first-order chi connectivity index (χ1) is 22.1. The Bertz CT molecular complexity index is 1480. The van der Waals surface area contributed by atoms with Crippen LogP contribution in [0.2, 0.25) is 5.04 Å². The zero-order valence-corrected chi connectivity index (χ0v) is 29.2. The average Bonchev–Trinajstić information content (AvgIpc) is 3.37. The maximum absolute atomic E-state index is 13.2. The molecule has 46 heavy (non-hydrogen) atoms. The highest BCUT2D eigenvalue weighted by Gasteiger charge is 2.52. The van der Waals surface area contributed by atoms with E-state index in [0.29, 0.717) is 12.4 Å². The Morgan fingerprint density at radius 1 is 0.826 bits per heavy atom. The van der Waals surface area contributed by atoms with Crippen molar-refractivity contribution in [3.63, 3.8) is 0 Å². The summed E-state index contributed by atoms with van der Waals surface area (Å²) in [6.45, 7) is 11.1. The van der Waals surface area contributed by atoms with Gasteiger partial charge in [0.15, 0.2) is 5.79 Å². The lowest BCUT2D eigenvalue weighted by Crippen LogP contribution is -2.67. The largest absolute Gasteiger partial charge is 0.445 e. The second-order valence-corrected chi connectivity index (χ2v) is 18.4. The predicted molar refractivity (Wildman–Crippen MR) is 188 cm³/mol. The van der Waals surface area contributed by atoms with E-state index < -0.39 is 38.4 Å². The van der Waals surface area contributed by atoms with Gasteiger partial charge in [-0.05, 0) is 47.0 Å². The van der Waals surface area contributed by atoms with Crippen LogP contribution in [0.4, 0.5) is 4.79 Å². The molecule has 0 bridgehead atoms. The Labute approximate surface area is 278 Å². The van der Waals surface area contributed by atoms with Crippen molar-refractivity contribution in [2.75, 3.05) is 12.4 Å². The smallest absolute Gasteiger partial charge is 0.407 e. The van der Waals surface area contributed by atoms with Gasteiger partial charge in [0.1, 0.15) is 18.8 Å². The van der Waals surface area contributed by atoms with Crippen LogP contribution < -0.4 is 15.7 Å². The minimum Gasteiger partial charge on any atom is -0.445 e. The van der Waals surface area contributed by atoms with Gasteiger partial charge < -0.3 is 24.0 Å². The first-order valence-corrected chi connectivity index (χ1v) is 18.7. The number of hydrogen-bond donors (Lipinski definition) is 1. The highest BCUT2D eigenvalue weighted by Crippen LogP contribution is 2.39. The fourth-order valence-electron chi connectivity index (χ4n) is 6.14. The SMILES string of the molecule is CC1(C)O[C@@H]([C@@H](CSc2ccccc2)NC(=O)OCc2ccccc2)[C@H](CO[Si](c2ccccc2)(c2ccccc2)C(C)(C)C)O1. The van der Waals surface area contributed by atoms with E-state index in [4.69, 9.17) is 18.6 Å². The van der Waals surface area contributed by atoms with Crippen molar-refractivity contribution in [2.45, 2.75) is 75.2 Å². The lowest BCUT2D eigenvalue weighted by Gasteiger charge is -2.43. The number of nitrogens with one attached hydrogen (secondary N) is 1. The maximum Gasteiger partial charge on any atom is 0.407 e. The van der Waals surface area contributed by atoms with E-state index in [1.165, 1.54) is 10.4 Å². The van der Waals surface area contributed by atoms with Gasteiger partial charge in [0.2, 0.25) is 0 Å². The number of hydrogen-bond acceptors (Lipinski definition) is 6. The standard InChI is InChI=1S/C38H45NO5SSi/c1-37(2,3)46(31-22-14-8-15-23-31,32-24-16-9-17-25-32)42-27-34-35(44-38(4,5)43-34)33(28-45-30-20-12-7-13-21-30)39-36(40)41-26-29-18-10-6-11-19-29/h6-25,33-35H,26-28H2,1-5H3,(H,39,40)/t33-,34+,35+/m1/s1. The predicted octanol–water partition coefficient (Wildman–Crippen LogP) is 7.17. The summed E-state index contributed by atoms with van der Waals surface area (Å²) in [5.74, 6) is -0.306. The fourth-order valence-corrected chi connectivity index (χ4v) is 11.7. The lowest BCUT2D eigenvalue weighted by molar-refractivity contribution is -0.150. The number of thioether (sulfide) groups is 1. The Balaban J connectivity index is 1.42. The Kier molecular flexibility index (Phi) is 11.1. The van der Waals surface area contributed by atoms with Crippen molar-refractivity contribution in [3.05, 3.63) is 127 Å².